The van der Waals surface area contributed by atoms with Crippen LogP contribution in [0.4, 0.5) is 0 Å². The number of methoxy groups -OCH3 is 1. The molecule has 0 aliphatic rings. The molecule has 0 radical (unpaired) electrons. The molecule has 0 atom stereocenters. The minimum Gasteiger partial charge on any atom is -0.484 e. The third-order valence-corrected chi connectivity index (χ3v) is 2.12. The summed E-state index contributed by atoms with van der Waals surface area (Å²) in [5.74, 6) is -0.366. The van der Waals surface area contributed by atoms with Gasteiger partial charge in [0.2, 0.25) is 5.91 Å². The third-order valence-electron chi connectivity index (χ3n) is 2.12. The Balaban J connectivity index is 2.41. The summed E-state index contributed by atoms with van der Waals surface area (Å²) in [6.45, 7) is 0.759. The van der Waals surface area contributed by atoms with E-state index in [1.54, 1.807) is 25.3 Å². The topological polar surface area (TPSA) is 90.7 Å². The van der Waals surface area contributed by atoms with Crippen molar-refractivity contribution in [3.05, 3.63) is 29.8 Å². The molecule has 0 heterocycles. The predicted octanol–water partition coefficient (Wildman–Crippen LogP) is -0.0731. The van der Waals surface area contributed by atoms with Gasteiger partial charge in [0, 0.05) is 19.2 Å². The smallest absolute Gasteiger partial charge is 0.258 e. The number of nitrogens with one attached hydrogen (secondary N) is 1. The van der Waals surface area contributed by atoms with Crippen LogP contribution >= 0.6 is 0 Å². The molecule has 1 aromatic rings. The van der Waals surface area contributed by atoms with Crippen LogP contribution in [-0.2, 0) is 9.53 Å². The first-order valence-electron chi connectivity index (χ1n) is 5.42. The van der Waals surface area contributed by atoms with E-state index < -0.39 is 5.91 Å². The highest BCUT2D eigenvalue weighted by molar-refractivity contribution is 5.93. The molecule has 98 valence electrons. The number of hydrogen-bond acceptors (Lipinski definition) is 4. The van der Waals surface area contributed by atoms with Gasteiger partial charge in [-0.2, -0.15) is 0 Å². The van der Waals surface area contributed by atoms with Crippen LogP contribution in [0.5, 0.6) is 5.75 Å². The summed E-state index contributed by atoms with van der Waals surface area (Å²) in [7, 11) is 1.55. The third kappa shape index (κ3) is 4.84. The van der Waals surface area contributed by atoms with Gasteiger partial charge in [-0.25, -0.2) is 0 Å². The molecule has 0 unspecified atom stereocenters. The monoisotopic (exact) mass is 252 g/mol. The number of ether oxygens (including phenoxy) is 2. The van der Waals surface area contributed by atoms with Crippen molar-refractivity contribution in [2.75, 3.05) is 26.9 Å². The zero-order chi connectivity index (χ0) is 13.4. The number of carbonyl (C=O) groups excluding carboxylic acids is 2. The largest absolute Gasteiger partial charge is 0.484 e. The molecular weight excluding hydrogens is 236 g/mol. The van der Waals surface area contributed by atoms with E-state index >= 15 is 0 Å². The van der Waals surface area contributed by atoms with Gasteiger partial charge >= 0.3 is 0 Å². The quantitative estimate of drug-likeness (QED) is 0.664. The summed E-state index contributed by atoms with van der Waals surface area (Å²) in [6, 6.07) is 6.35. The van der Waals surface area contributed by atoms with Crippen LogP contribution in [0.2, 0.25) is 0 Å². The van der Waals surface area contributed by atoms with Crippen LogP contribution in [0.3, 0.4) is 0 Å². The Labute approximate surface area is 105 Å². The van der Waals surface area contributed by atoms with Gasteiger partial charge in [-0.1, -0.05) is 6.07 Å². The minimum atomic E-state index is -0.537. The van der Waals surface area contributed by atoms with Gasteiger partial charge in [0.1, 0.15) is 5.75 Å². The first kappa shape index (κ1) is 14.0. The second kappa shape index (κ2) is 7.29. The Morgan fingerprint density at radius 3 is 2.83 bits per heavy atom. The van der Waals surface area contributed by atoms with E-state index in [2.05, 4.69) is 5.32 Å². The van der Waals surface area contributed by atoms with Crippen LogP contribution in [0.1, 0.15) is 10.4 Å². The zero-order valence-corrected chi connectivity index (χ0v) is 10.1. The van der Waals surface area contributed by atoms with Gasteiger partial charge < -0.3 is 20.5 Å². The molecule has 6 heteroatoms. The Morgan fingerprint density at radius 1 is 1.39 bits per heavy atom. The number of carbonyl (C=O) groups is 2. The number of hydrogen-bond donors (Lipinski definition) is 2. The molecule has 0 aliphatic carbocycles. The number of nitrogens with two attached hydrogens (primary N) is 1. The Kier molecular flexibility index (Phi) is 5.66. The van der Waals surface area contributed by atoms with E-state index in [0.29, 0.717) is 24.5 Å². The number of rotatable bonds is 7. The van der Waals surface area contributed by atoms with Crippen molar-refractivity contribution < 1.29 is 19.1 Å². The second-order valence-electron chi connectivity index (χ2n) is 3.52. The molecule has 3 N–H and O–H groups in total. The Bertz CT molecular complexity index is 420. The van der Waals surface area contributed by atoms with Gasteiger partial charge in [0.05, 0.1) is 6.61 Å². The van der Waals surface area contributed by atoms with Crippen LogP contribution in [0, 0.1) is 0 Å². The predicted molar refractivity (Wildman–Crippen MR) is 65.3 cm³/mol. The van der Waals surface area contributed by atoms with E-state index in [1.807, 2.05) is 0 Å². The number of primary amides is 1. The van der Waals surface area contributed by atoms with Crippen molar-refractivity contribution in [3.63, 3.8) is 0 Å². The molecule has 0 aromatic heterocycles. The highest BCUT2D eigenvalue weighted by Gasteiger charge is 2.04. The van der Waals surface area contributed by atoms with E-state index in [-0.39, 0.29) is 12.5 Å². The van der Waals surface area contributed by atoms with Crippen LogP contribution < -0.4 is 15.8 Å². The molecule has 18 heavy (non-hydrogen) atoms. The molecular formula is C12H16N2O4. The van der Waals surface area contributed by atoms with Crippen molar-refractivity contribution in [1.82, 2.24) is 5.32 Å². The van der Waals surface area contributed by atoms with Gasteiger partial charge in [0.15, 0.2) is 6.61 Å². The number of benzene rings is 1. The fraction of sp³-hybridized carbons (Fsp3) is 0.333. The fourth-order valence-corrected chi connectivity index (χ4v) is 1.23. The maximum atomic E-state index is 11.3. The SMILES string of the molecule is COCCNC(=O)COc1cccc(C(N)=O)c1. The van der Waals surface area contributed by atoms with Crippen molar-refractivity contribution in [1.29, 1.82) is 0 Å². The van der Waals surface area contributed by atoms with Crippen molar-refractivity contribution in [3.8, 4) is 5.75 Å². The molecule has 0 bridgehead atoms. The lowest BCUT2D eigenvalue weighted by atomic mass is 10.2. The van der Waals surface area contributed by atoms with E-state index in [1.165, 1.54) is 6.07 Å². The van der Waals surface area contributed by atoms with E-state index in [4.69, 9.17) is 15.2 Å². The average Bonchev–Trinajstić information content (AvgIpc) is 2.37. The lowest BCUT2D eigenvalue weighted by molar-refractivity contribution is -0.123. The van der Waals surface area contributed by atoms with E-state index in [0.717, 1.165) is 0 Å². The molecule has 0 spiro atoms. The maximum absolute atomic E-state index is 11.3. The van der Waals surface area contributed by atoms with E-state index in [9.17, 15) is 9.59 Å². The standard InChI is InChI=1S/C12H16N2O4/c1-17-6-5-14-11(15)8-18-10-4-2-3-9(7-10)12(13)16/h2-4,7H,5-6,8H2,1H3,(H2,13,16)(H,14,15). The Morgan fingerprint density at radius 2 is 2.17 bits per heavy atom. The van der Waals surface area contributed by atoms with Gasteiger partial charge in [-0.15, -0.1) is 0 Å². The molecule has 0 saturated carbocycles. The van der Waals surface area contributed by atoms with Gasteiger partial charge in [-0.05, 0) is 18.2 Å². The molecule has 2 amide bonds. The summed E-state index contributed by atoms with van der Waals surface area (Å²) < 4.78 is 10.0. The van der Waals surface area contributed by atoms with Crippen LogP contribution in [0.25, 0.3) is 0 Å². The van der Waals surface area contributed by atoms with Crippen molar-refractivity contribution in [2.24, 2.45) is 5.73 Å². The van der Waals surface area contributed by atoms with Crippen molar-refractivity contribution >= 4 is 11.8 Å². The lowest BCUT2D eigenvalue weighted by Crippen LogP contribution is -2.31. The molecule has 1 rings (SSSR count). The number of amides is 2. The molecule has 0 fully saturated rings. The molecule has 0 aliphatic heterocycles. The normalized spacial score (nSPS) is 9.83. The average molecular weight is 252 g/mol. The zero-order valence-electron chi connectivity index (χ0n) is 10.1. The maximum Gasteiger partial charge on any atom is 0.258 e. The second-order valence-corrected chi connectivity index (χ2v) is 3.52. The lowest BCUT2D eigenvalue weighted by Gasteiger charge is -2.07. The minimum absolute atomic E-state index is 0.119. The van der Waals surface area contributed by atoms with Crippen LogP contribution in [0.15, 0.2) is 24.3 Å². The summed E-state index contributed by atoms with van der Waals surface area (Å²) in [4.78, 5) is 22.3. The van der Waals surface area contributed by atoms with Crippen LogP contribution in [-0.4, -0.2) is 38.7 Å². The highest BCUT2D eigenvalue weighted by atomic mass is 16.5. The summed E-state index contributed by atoms with van der Waals surface area (Å²) in [5, 5.41) is 2.61. The first-order chi connectivity index (χ1) is 8.63. The highest BCUT2D eigenvalue weighted by Crippen LogP contribution is 2.12. The Hall–Kier alpha value is -2.08. The fourth-order valence-electron chi connectivity index (χ4n) is 1.23. The summed E-state index contributed by atoms with van der Waals surface area (Å²) in [6.07, 6.45) is 0. The molecule has 6 nitrogen and oxygen atoms in total. The molecule has 0 saturated heterocycles. The van der Waals surface area contributed by atoms with Crippen molar-refractivity contribution in [2.45, 2.75) is 0 Å². The summed E-state index contributed by atoms with van der Waals surface area (Å²) in [5.41, 5.74) is 5.47. The van der Waals surface area contributed by atoms with Gasteiger partial charge in [0.25, 0.3) is 5.91 Å². The van der Waals surface area contributed by atoms with Gasteiger partial charge in [-0.3, -0.25) is 9.59 Å². The summed E-state index contributed by atoms with van der Waals surface area (Å²) >= 11 is 0. The first-order valence-corrected chi connectivity index (χ1v) is 5.42. The molecule has 1 aromatic carbocycles.